The quantitative estimate of drug-likeness (QED) is 0.631. The van der Waals surface area contributed by atoms with Gasteiger partial charge in [-0.2, -0.15) is 0 Å². The molecule has 0 unspecified atom stereocenters. The lowest BCUT2D eigenvalue weighted by Crippen LogP contribution is -2.16. The normalized spacial score (nSPS) is 11.0. The Balaban J connectivity index is 2.01. The number of benzene rings is 2. The molecule has 0 aliphatic rings. The first kappa shape index (κ1) is 19.1. The lowest BCUT2D eigenvalue weighted by Gasteiger charge is -2.08. The lowest BCUT2D eigenvalue weighted by atomic mass is 10.1. The third-order valence-electron chi connectivity index (χ3n) is 3.89. The van der Waals surface area contributed by atoms with Crippen molar-refractivity contribution in [3.63, 3.8) is 0 Å². The second kappa shape index (κ2) is 8.25. The van der Waals surface area contributed by atoms with Crippen LogP contribution in [0.1, 0.15) is 35.3 Å². The maximum absolute atomic E-state index is 12.2. The minimum absolute atomic E-state index is 0.0398. The van der Waals surface area contributed by atoms with Gasteiger partial charge in [0.15, 0.2) is 5.78 Å². The molecule has 5 nitrogen and oxygen atoms in total. The van der Waals surface area contributed by atoms with Crippen LogP contribution in [-0.4, -0.2) is 17.6 Å². The number of hydrogen-bond acceptors (Lipinski definition) is 3. The fourth-order valence-electron chi connectivity index (χ4n) is 2.40. The SMILES string of the molecule is CC(=O)c1ccc(NC(=O)/C(C)=C\C(=O)Nc2ccc(C)cc2C)cc1. The van der Waals surface area contributed by atoms with Gasteiger partial charge in [0, 0.05) is 28.6 Å². The maximum Gasteiger partial charge on any atom is 0.251 e. The molecule has 0 bridgehead atoms. The van der Waals surface area contributed by atoms with Gasteiger partial charge >= 0.3 is 0 Å². The van der Waals surface area contributed by atoms with Crippen LogP contribution in [-0.2, 0) is 9.59 Å². The number of nitrogens with one attached hydrogen (secondary N) is 2. The summed E-state index contributed by atoms with van der Waals surface area (Å²) in [6, 6.07) is 12.3. The van der Waals surface area contributed by atoms with Crippen molar-refractivity contribution in [2.45, 2.75) is 27.7 Å². The molecular formula is C21H22N2O3. The van der Waals surface area contributed by atoms with Gasteiger partial charge in [-0.15, -0.1) is 0 Å². The van der Waals surface area contributed by atoms with Crippen molar-refractivity contribution in [2.24, 2.45) is 0 Å². The molecule has 5 heteroatoms. The molecule has 0 saturated heterocycles. The molecule has 134 valence electrons. The van der Waals surface area contributed by atoms with E-state index in [9.17, 15) is 14.4 Å². The minimum atomic E-state index is -0.378. The molecule has 0 fully saturated rings. The van der Waals surface area contributed by atoms with Crippen molar-refractivity contribution in [1.82, 2.24) is 0 Å². The number of hydrogen-bond donors (Lipinski definition) is 2. The van der Waals surface area contributed by atoms with Crippen LogP contribution in [0.5, 0.6) is 0 Å². The largest absolute Gasteiger partial charge is 0.322 e. The first-order valence-electron chi connectivity index (χ1n) is 8.25. The van der Waals surface area contributed by atoms with E-state index in [2.05, 4.69) is 10.6 Å². The third kappa shape index (κ3) is 5.14. The Kier molecular flexibility index (Phi) is 6.07. The topological polar surface area (TPSA) is 75.3 Å². The Labute approximate surface area is 153 Å². The predicted octanol–water partition coefficient (Wildman–Crippen LogP) is 4.03. The number of rotatable bonds is 5. The van der Waals surface area contributed by atoms with E-state index in [0.717, 1.165) is 11.1 Å². The van der Waals surface area contributed by atoms with Gasteiger partial charge in [0.05, 0.1) is 0 Å². The molecule has 0 spiro atoms. The maximum atomic E-state index is 12.2. The Morgan fingerprint density at radius 3 is 2.12 bits per heavy atom. The molecule has 0 saturated carbocycles. The zero-order valence-corrected chi connectivity index (χ0v) is 15.3. The molecule has 2 amide bonds. The number of anilines is 2. The molecule has 0 aliphatic heterocycles. The molecule has 0 radical (unpaired) electrons. The summed E-state index contributed by atoms with van der Waals surface area (Å²) >= 11 is 0. The van der Waals surface area contributed by atoms with Crippen LogP contribution in [0.2, 0.25) is 0 Å². The van der Waals surface area contributed by atoms with E-state index in [-0.39, 0.29) is 23.2 Å². The average molecular weight is 350 g/mol. The number of aryl methyl sites for hydroxylation is 2. The van der Waals surface area contributed by atoms with Crippen molar-refractivity contribution in [1.29, 1.82) is 0 Å². The van der Waals surface area contributed by atoms with Gasteiger partial charge in [-0.25, -0.2) is 0 Å². The van der Waals surface area contributed by atoms with E-state index in [0.29, 0.717) is 16.9 Å². The van der Waals surface area contributed by atoms with Gasteiger partial charge in [-0.3, -0.25) is 14.4 Å². The molecule has 0 heterocycles. The molecule has 2 aromatic rings. The highest BCUT2D eigenvalue weighted by Crippen LogP contribution is 2.16. The highest BCUT2D eigenvalue weighted by molar-refractivity contribution is 6.10. The Bertz CT molecular complexity index is 881. The molecule has 0 atom stereocenters. The lowest BCUT2D eigenvalue weighted by molar-refractivity contribution is -0.114. The molecule has 0 aliphatic carbocycles. The van der Waals surface area contributed by atoms with E-state index >= 15 is 0 Å². The first-order chi connectivity index (χ1) is 12.3. The molecule has 2 rings (SSSR count). The monoisotopic (exact) mass is 350 g/mol. The fourth-order valence-corrected chi connectivity index (χ4v) is 2.40. The Morgan fingerprint density at radius 1 is 0.885 bits per heavy atom. The van der Waals surface area contributed by atoms with Gasteiger partial charge < -0.3 is 10.6 Å². The van der Waals surface area contributed by atoms with Crippen LogP contribution in [0, 0.1) is 13.8 Å². The van der Waals surface area contributed by atoms with Crippen molar-refractivity contribution in [2.75, 3.05) is 10.6 Å². The molecule has 2 aromatic carbocycles. The minimum Gasteiger partial charge on any atom is -0.322 e. The summed E-state index contributed by atoms with van der Waals surface area (Å²) in [5, 5.41) is 5.47. The van der Waals surface area contributed by atoms with E-state index in [1.54, 1.807) is 31.2 Å². The van der Waals surface area contributed by atoms with Crippen LogP contribution < -0.4 is 10.6 Å². The average Bonchev–Trinajstić information content (AvgIpc) is 2.57. The molecule has 0 aromatic heterocycles. The summed E-state index contributed by atoms with van der Waals surface area (Å²) in [4.78, 5) is 35.6. The van der Waals surface area contributed by atoms with Crippen LogP contribution in [0.15, 0.2) is 54.1 Å². The first-order valence-corrected chi connectivity index (χ1v) is 8.25. The summed E-state index contributed by atoms with van der Waals surface area (Å²) in [5.74, 6) is -0.782. The van der Waals surface area contributed by atoms with Crippen molar-refractivity contribution in [3.05, 3.63) is 70.8 Å². The van der Waals surface area contributed by atoms with Crippen LogP contribution >= 0.6 is 0 Å². The van der Waals surface area contributed by atoms with Crippen LogP contribution in [0.25, 0.3) is 0 Å². The summed E-state index contributed by atoms with van der Waals surface area (Å²) in [5.41, 5.74) is 4.19. The fraction of sp³-hybridized carbons (Fsp3) is 0.190. The number of ketones is 1. The Morgan fingerprint density at radius 2 is 1.54 bits per heavy atom. The van der Waals surface area contributed by atoms with Crippen molar-refractivity contribution >= 4 is 29.0 Å². The molecular weight excluding hydrogens is 328 g/mol. The van der Waals surface area contributed by atoms with Gasteiger partial charge in [0.25, 0.3) is 5.91 Å². The molecule has 2 N–H and O–H groups in total. The van der Waals surface area contributed by atoms with Gasteiger partial charge in [-0.1, -0.05) is 17.7 Å². The van der Waals surface area contributed by atoms with Crippen LogP contribution in [0.4, 0.5) is 11.4 Å². The zero-order valence-electron chi connectivity index (χ0n) is 15.3. The Hall–Kier alpha value is -3.21. The highest BCUT2D eigenvalue weighted by Gasteiger charge is 2.09. The van der Waals surface area contributed by atoms with E-state index < -0.39 is 0 Å². The number of Topliss-reactive ketones (excluding diaryl/α,β-unsaturated/α-hetero) is 1. The zero-order chi connectivity index (χ0) is 19.3. The van der Waals surface area contributed by atoms with Crippen molar-refractivity contribution in [3.8, 4) is 0 Å². The van der Waals surface area contributed by atoms with Gasteiger partial charge in [0.2, 0.25) is 5.91 Å². The number of amides is 2. The van der Waals surface area contributed by atoms with Crippen LogP contribution in [0.3, 0.4) is 0 Å². The van der Waals surface area contributed by atoms with E-state index in [1.807, 2.05) is 32.0 Å². The standard InChI is InChI=1S/C21H22N2O3/c1-13-5-10-19(14(2)11-13)23-20(25)12-15(3)21(26)22-18-8-6-17(7-9-18)16(4)24/h5-12H,1-4H3,(H,22,26)(H,23,25)/b15-12-. The highest BCUT2D eigenvalue weighted by atomic mass is 16.2. The van der Waals surface area contributed by atoms with E-state index in [1.165, 1.54) is 13.0 Å². The summed E-state index contributed by atoms with van der Waals surface area (Å²) < 4.78 is 0. The molecule has 26 heavy (non-hydrogen) atoms. The second-order valence-corrected chi connectivity index (χ2v) is 6.22. The summed E-state index contributed by atoms with van der Waals surface area (Å²) in [6.07, 6.45) is 1.26. The number of carbonyl (C=O) groups excluding carboxylic acids is 3. The summed E-state index contributed by atoms with van der Waals surface area (Å²) in [6.45, 7) is 6.95. The third-order valence-corrected chi connectivity index (χ3v) is 3.89. The predicted molar refractivity (Wildman–Crippen MR) is 103 cm³/mol. The van der Waals surface area contributed by atoms with Crippen molar-refractivity contribution < 1.29 is 14.4 Å². The second-order valence-electron chi connectivity index (χ2n) is 6.22. The van der Waals surface area contributed by atoms with Gasteiger partial charge in [-0.05, 0) is 63.6 Å². The summed E-state index contributed by atoms with van der Waals surface area (Å²) in [7, 11) is 0. The van der Waals surface area contributed by atoms with E-state index in [4.69, 9.17) is 0 Å². The number of carbonyl (C=O) groups is 3. The van der Waals surface area contributed by atoms with Gasteiger partial charge in [0.1, 0.15) is 0 Å². The smallest absolute Gasteiger partial charge is 0.251 e.